The first-order valence-corrected chi connectivity index (χ1v) is 5.26. The van der Waals surface area contributed by atoms with Crippen LogP contribution in [0.5, 0.6) is 0 Å². The van der Waals surface area contributed by atoms with Crippen molar-refractivity contribution >= 4 is 12.3 Å². The number of hydrogen-bond acceptors (Lipinski definition) is 3. The molecule has 0 spiro atoms. The van der Waals surface area contributed by atoms with Gasteiger partial charge in [0.1, 0.15) is 11.9 Å². The fourth-order valence-corrected chi connectivity index (χ4v) is 1.68. The number of carbonyl (C=O) groups excluding carboxylic acids is 2. The standard InChI is InChI=1S/C12H18O3/c1-12(2,3)15-11(14)7-9-5-4-6-10(9)8-13/h4-5,8-10H,6-7H2,1-3H3/t9-,10+/m1/s1. The van der Waals surface area contributed by atoms with Crippen LogP contribution in [0.4, 0.5) is 0 Å². The van der Waals surface area contributed by atoms with E-state index in [1.54, 1.807) is 0 Å². The summed E-state index contributed by atoms with van der Waals surface area (Å²) in [7, 11) is 0. The maximum Gasteiger partial charge on any atom is 0.306 e. The predicted octanol–water partition coefficient (Wildman–Crippen LogP) is 2.11. The summed E-state index contributed by atoms with van der Waals surface area (Å²) in [5, 5.41) is 0. The minimum absolute atomic E-state index is 0.0253. The number of rotatable bonds is 3. The molecule has 15 heavy (non-hydrogen) atoms. The van der Waals surface area contributed by atoms with E-state index in [2.05, 4.69) is 0 Å². The van der Waals surface area contributed by atoms with E-state index in [9.17, 15) is 9.59 Å². The molecule has 1 rings (SSSR count). The zero-order valence-corrected chi connectivity index (χ0v) is 9.53. The Kier molecular flexibility index (Phi) is 3.66. The maximum absolute atomic E-state index is 11.5. The monoisotopic (exact) mass is 210 g/mol. The topological polar surface area (TPSA) is 43.4 Å². The summed E-state index contributed by atoms with van der Waals surface area (Å²) < 4.78 is 5.20. The van der Waals surface area contributed by atoms with E-state index >= 15 is 0 Å². The van der Waals surface area contributed by atoms with E-state index in [-0.39, 0.29) is 17.8 Å². The minimum Gasteiger partial charge on any atom is -0.460 e. The van der Waals surface area contributed by atoms with Gasteiger partial charge in [0, 0.05) is 5.92 Å². The summed E-state index contributed by atoms with van der Waals surface area (Å²) in [5.41, 5.74) is -0.448. The van der Waals surface area contributed by atoms with Crippen molar-refractivity contribution in [3.05, 3.63) is 12.2 Å². The van der Waals surface area contributed by atoms with Crippen LogP contribution in [0.2, 0.25) is 0 Å². The van der Waals surface area contributed by atoms with Crippen molar-refractivity contribution < 1.29 is 14.3 Å². The second kappa shape index (κ2) is 4.60. The first kappa shape index (κ1) is 12.0. The molecule has 0 heterocycles. The Bertz CT molecular complexity index is 273. The Morgan fingerprint density at radius 2 is 2.20 bits per heavy atom. The van der Waals surface area contributed by atoms with Crippen molar-refractivity contribution in [2.45, 2.75) is 39.2 Å². The molecule has 0 saturated heterocycles. The van der Waals surface area contributed by atoms with Crippen molar-refractivity contribution in [2.75, 3.05) is 0 Å². The number of allylic oxidation sites excluding steroid dienone is 2. The number of hydrogen-bond donors (Lipinski definition) is 0. The third-order valence-corrected chi connectivity index (χ3v) is 2.34. The molecule has 0 radical (unpaired) electrons. The van der Waals surface area contributed by atoms with Gasteiger partial charge in [-0.1, -0.05) is 12.2 Å². The summed E-state index contributed by atoms with van der Waals surface area (Å²) in [6, 6.07) is 0. The molecule has 0 aromatic rings. The van der Waals surface area contributed by atoms with Crippen molar-refractivity contribution in [3.63, 3.8) is 0 Å². The molecule has 0 aromatic heterocycles. The Balaban J connectivity index is 2.44. The zero-order valence-electron chi connectivity index (χ0n) is 9.53. The zero-order chi connectivity index (χ0) is 11.5. The van der Waals surface area contributed by atoms with Crippen LogP contribution in [0.3, 0.4) is 0 Å². The van der Waals surface area contributed by atoms with Crippen LogP contribution >= 0.6 is 0 Å². The highest BCUT2D eigenvalue weighted by Gasteiger charge is 2.26. The molecule has 1 aliphatic carbocycles. The third-order valence-electron chi connectivity index (χ3n) is 2.34. The van der Waals surface area contributed by atoms with Gasteiger partial charge in [-0.2, -0.15) is 0 Å². The molecule has 3 heteroatoms. The van der Waals surface area contributed by atoms with Gasteiger partial charge < -0.3 is 9.53 Å². The van der Waals surface area contributed by atoms with Crippen molar-refractivity contribution in [3.8, 4) is 0 Å². The highest BCUT2D eigenvalue weighted by Crippen LogP contribution is 2.27. The van der Waals surface area contributed by atoms with Gasteiger partial charge in [0.05, 0.1) is 6.42 Å². The molecule has 0 unspecified atom stereocenters. The molecule has 0 fully saturated rings. The Labute approximate surface area is 90.5 Å². The van der Waals surface area contributed by atoms with Gasteiger partial charge in [-0.3, -0.25) is 4.79 Å². The molecule has 1 aliphatic rings. The van der Waals surface area contributed by atoms with Gasteiger partial charge in [-0.15, -0.1) is 0 Å². The van der Waals surface area contributed by atoms with Crippen LogP contribution in [-0.4, -0.2) is 17.9 Å². The van der Waals surface area contributed by atoms with E-state index in [0.717, 1.165) is 12.7 Å². The molecule has 0 N–H and O–H groups in total. The highest BCUT2D eigenvalue weighted by molar-refractivity contribution is 5.71. The molecule has 0 aromatic carbocycles. The average molecular weight is 210 g/mol. The van der Waals surface area contributed by atoms with Crippen LogP contribution in [0.1, 0.15) is 33.6 Å². The number of aldehydes is 1. The molecule has 0 aliphatic heterocycles. The van der Waals surface area contributed by atoms with E-state index < -0.39 is 5.60 Å². The van der Waals surface area contributed by atoms with Gasteiger partial charge in [0.2, 0.25) is 0 Å². The summed E-state index contributed by atoms with van der Waals surface area (Å²) in [6.07, 6.45) is 5.86. The minimum atomic E-state index is -0.448. The second-order valence-electron chi connectivity index (χ2n) is 4.92. The molecule has 0 bridgehead atoms. The lowest BCUT2D eigenvalue weighted by atomic mass is 9.94. The lowest BCUT2D eigenvalue weighted by Gasteiger charge is -2.21. The fraction of sp³-hybridized carbons (Fsp3) is 0.667. The first-order valence-electron chi connectivity index (χ1n) is 5.26. The van der Waals surface area contributed by atoms with Gasteiger partial charge in [0.25, 0.3) is 0 Å². The third kappa shape index (κ3) is 3.86. The van der Waals surface area contributed by atoms with E-state index in [0.29, 0.717) is 6.42 Å². The SMILES string of the molecule is CC(C)(C)OC(=O)C[C@H]1C=CC[C@H]1C=O. The molecule has 3 nitrogen and oxygen atoms in total. The molecular weight excluding hydrogens is 192 g/mol. The molecular formula is C12H18O3. The van der Waals surface area contributed by atoms with E-state index in [1.165, 1.54) is 0 Å². The normalized spacial score (nSPS) is 25.3. The average Bonchev–Trinajstić information content (AvgIpc) is 2.48. The van der Waals surface area contributed by atoms with Crippen LogP contribution < -0.4 is 0 Å². The van der Waals surface area contributed by atoms with Crippen LogP contribution in [0.15, 0.2) is 12.2 Å². The number of carbonyl (C=O) groups is 2. The van der Waals surface area contributed by atoms with E-state index in [1.807, 2.05) is 32.9 Å². The van der Waals surface area contributed by atoms with Crippen molar-refractivity contribution in [2.24, 2.45) is 11.8 Å². The molecule has 0 saturated carbocycles. The number of esters is 1. The highest BCUT2D eigenvalue weighted by atomic mass is 16.6. The van der Waals surface area contributed by atoms with Crippen molar-refractivity contribution in [1.82, 2.24) is 0 Å². The second-order valence-corrected chi connectivity index (χ2v) is 4.92. The predicted molar refractivity (Wildman–Crippen MR) is 57.3 cm³/mol. The van der Waals surface area contributed by atoms with Crippen LogP contribution in [-0.2, 0) is 14.3 Å². The molecule has 84 valence electrons. The Morgan fingerprint density at radius 3 is 2.73 bits per heavy atom. The summed E-state index contributed by atoms with van der Waals surface area (Å²) in [6.45, 7) is 5.52. The lowest BCUT2D eigenvalue weighted by Crippen LogP contribution is -2.26. The largest absolute Gasteiger partial charge is 0.460 e. The first-order chi connectivity index (χ1) is 6.92. The fourth-order valence-electron chi connectivity index (χ4n) is 1.68. The van der Waals surface area contributed by atoms with Crippen LogP contribution in [0, 0.1) is 11.8 Å². The van der Waals surface area contributed by atoms with Gasteiger partial charge in [0.15, 0.2) is 0 Å². The van der Waals surface area contributed by atoms with Crippen LogP contribution in [0.25, 0.3) is 0 Å². The summed E-state index contributed by atoms with van der Waals surface area (Å²) >= 11 is 0. The van der Waals surface area contributed by atoms with Gasteiger partial charge in [-0.25, -0.2) is 0 Å². The Morgan fingerprint density at radius 1 is 1.53 bits per heavy atom. The van der Waals surface area contributed by atoms with Gasteiger partial charge >= 0.3 is 5.97 Å². The maximum atomic E-state index is 11.5. The Hall–Kier alpha value is -1.12. The smallest absolute Gasteiger partial charge is 0.306 e. The number of ether oxygens (including phenoxy) is 1. The summed E-state index contributed by atoms with van der Waals surface area (Å²) in [4.78, 5) is 22.2. The molecule has 0 amide bonds. The van der Waals surface area contributed by atoms with Gasteiger partial charge in [-0.05, 0) is 33.1 Å². The molecule has 2 atom stereocenters. The summed E-state index contributed by atoms with van der Waals surface area (Å²) in [5.74, 6) is -0.249. The van der Waals surface area contributed by atoms with Crippen molar-refractivity contribution in [1.29, 1.82) is 0 Å². The van der Waals surface area contributed by atoms with E-state index in [4.69, 9.17) is 4.74 Å². The quantitative estimate of drug-likeness (QED) is 0.407. The lowest BCUT2D eigenvalue weighted by molar-refractivity contribution is -0.155.